The molecule has 2 N–H and O–H groups in total. The Bertz CT molecular complexity index is 824. The van der Waals surface area contributed by atoms with Crippen LogP contribution in [-0.4, -0.2) is 27.4 Å². The summed E-state index contributed by atoms with van der Waals surface area (Å²) in [4.78, 5) is 9.11. The van der Waals surface area contributed by atoms with E-state index in [-0.39, 0.29) is 32.3 Å². The van der Waals surface area contributed by atoms with Crippen LogP contribution in [0.2, 0.25) is 0 Å². The minimum absolute atomic E-state index is 0. The zero-order valence-corrected chi connectivity index (χ0v) is 19.0. The van der Waals surface area contributed by atoms with E-state index < -0.39 is 0 Å². The summed E-state index contributed by atoms with van der Waals surface area (Å²) >= 11 is 1.78. The van der Waals surface area contributed by atoms with Gasteiger partial charge in [0.1, 0.15) is 5.82 Å². The van der Waals surface area contributed by atoms with Gasteiger partial charge in [-0.1, -0.05) is 28.8 Å². The molecule has 1 aliphatic heterocycles. The molecule has 1 radical (unpaired) electrons. The predicted octanol–water partition coefficient (Wildman–Crippen LogP) is 4.95. The summed E-state index contributed by atoms with van der Waals surface area (Å²) < 4.78 is 0. The molecule has 0 bridgehead atoms. The van der Waals surface area contributed by atoms with Gasteiger partial charge in [0.15, 0.2) is 0 Å². The first kappa shape index (κ1) is 22.6. The van der Waals surface area contributed by atoms with E-state index in [1.165, 1.54) is 9.79 Å². The maximum atomic E-state index is 8.56. The van der Waals surface area contributed by atoms with Gasteiger partial charge < -0.3 is 15.1 Å². The predicted molar refractivity (Wildman–Crippen MR) is 110 cm³/mol. The van der Waals surface area contributed by atoms with Gasteiger partial charge in [0.25, 0.3) is 0 Å². The normalized spacial score (nSPS) is 13.8. The summed E-state index contributed by atoms with van der Waals surface area (Å²) in [7, 11) is 0. The van der Waals surface area contributed by atoms with Crippen molar-refractivity contribution >= 4 is 29.0 Å². The second kappa shape index (κ2) is 10.7. The molecule has 3 aromatic rings. The fourth-order valence-electron chi connectivity index (χ4n) is 2.85. The molecule has 0 aliphatic carbocycles. The van der Waals surface area contributed by atoms with E-state index in [0.717, 1.165) is 17.2 Å². The van der Waals surface area contributed by atoms with Crippen molar-refractivity contribution in [2.75, 3.05) is 4.90 Å². The number of pyridine rings is 1. The smallest absolute Gasteiger partial charge is 0.135 e. The van der Waals surface area contributed by atoms with E-state index in [0.29, 0.717) is 6.42 Å². The van der Waals surface area contributed by atoms with Crippen molar-refractivity contribution in [3.05, 3.63) is 72.9 Å². The third-order valence-corrected chi connectivity index (χ3v) is 5.02. The SMILES string of the molecule is CC(O)CC(C)O.[Ir].[c-]1cccc2c1N(c1ccccn1)c1ccccc1S2. The Morgan fingerprint density at radius 1 is 0.964 bits per heavy atom. The van der Waals surface area contributed by atoms with Crippen LogP contribution in [-0.2, 0) is 20.1 Å². The summed E-state index contributed by atoms with van der Waals surface area (Å²) in [6, 6.07) is 23.8. The molecule has 0 saturated heterocycles. The van der Waals surface area contributed by atoms with E-state index in [1.807, 2.05) is 36.5 Å². The van der Waals surface area contributed by atoms with Crippen LogP contribution < -0.4 is 4.90 Å². The molecule has 1 aliphatic rings. The second-order valence-electron chi connectivity index (χ2n) is 6.41. The number of aliphatic hydroxyl groups excluding tert-OH is 2. The fourth-order valence-corrected chi connectivity index (χ4v) is 3.90. The number of hydrogen-bond acceptors (Lipinski definition) is 5. The first-order chi connectivity index (χ1) is 13.1. The van der Waals surface area contributed by atoms with Gasteiger partial charge in [0.2, 0.25) is 0 Å². The minimum atomic E-state index is -0.375. The van der Waals surface area contributed by atoms with E-state index in [4.69, 9.17) is 10.2 Å². The Kier molecular flexibility index (Phi) is 8.67. The van der Waals surface area contributed by atoms with Gasteiger partial charge in [0.05, 0.1) is 17.9 Å². The van der Waals surface area contributed by atoms with Gasteiger partial charge in [-0.3, -0.25) is 0 Å². The Hall–Kier alpha value is -1.69. The largest absolute Gasteiger partial charge is 0.393 e. The molecule has 2 aromatic carbocycles. The van der Waals surface area contributed by atoms with E-state index in [9.17, 15) is 0 Å². The molecule has 2 heterocycles. The van der Waals surface area contributed by atoms with Crippen molar-refractivity contribution < 1.29 is 30.3 Å². The maximum absolute atomic E-state index is 8.56. The number of rotatable bonds is 3. The molecule has 0 saturated carbocycles. The number of aromatic nitrogens is 1. The Balaban J connectivity index is 0.000000306. The Morgan fingerprint density at radius 3 is 2.29 bits per heavy atom. The van der Waals surface area contributed by atoms with E-state index in [2.05, 4.69) is 46.3 Å². The van der Waals surface area contributed by atoms with Gasteiger partial charge in [-0.05, 0) is 44.5 Å². The molecule has 4 rings (SSSR count). The molecule has 0 spiro atoms. The second-order valence-corrected chi connectivity index (χ2v) is 7.49. The molecule has 4 nitrogen and oxygen atoms in total. The molecule has 149 valence electrons. The number of benzene rings is 2. The monoisotopic (exact) mass is 572 g/mol. The number of nitrogens with zero attached hydrogens (tertiary/aromatic N) is 2. The number of anilines is 3. The minimum Gasteiger partial charge on any atom is -0.393 e. The van der Waals surface area contributed by atoms with Crippen LogP contribution in [0.4, 0.5) is 17.2 Å². The summed E-state index contributed by atoms with van der Waals surface area (Å²) in [5.41, 5.74) is 2.22. The van der Waals surface area contributed by atoms with Crippen molar-refractivity contribution in [3.63, 3.8) is 0 Å². The van der Waals surface area contributed by atoms with Gasteiger partial charge in [0, 0.05) is 31.2 Å². The summed E-state index contributed by atoms with van der Waals surface area (Å²) in [5.74, 6) is 0.920. The first-order valence-electron chi connectivity index (χ1n) is 8.91. The maximum Gasteiger partial charge on any atom is 0.135 e. The summed E-state index contributed by atoms with van der Waals surface area (Å²) in [6.45, 7) is 3.32. The van der Waals surface area contributed by atoms with Gasteiger partial charge in [-0.15, -0.1) is 0 Å². The fraction of sp³-hybridized carbons (Fsp3) is 0.227. The third-order valence-electron chi connectivity index (χ3n) is 3.91. The molecule has 2 atom stereocenters. The molecule has 2 unspecified atom stereocenters. The quantitative estimate of drug-likeness (QED) is 0.341. The van der Waals surface area contributed by atoms with Crippen molar-refractivity contribution in [1.82, 2.24) is 4.98 Å². The van der Waals surface area contributed by atoms with Crippen LogP contribution in [0.25, 0.3) is 0 Å². The van der Waals surface area contributed by atoms with Gasteiger partial charge in [-0.2, -0.15) is 36.0 Å². The molecule has 1 aromatic heterocycles. The average Bonchev–Trinajstić information content (AvgIpc) is 2.66. The van der Waals surface area contributed by atoms with Crippen molar-refractivity contribution in [2.24, 2.45) is 0 Å². The molecule has 6 heteroatoms. The average molecular weight is 572 g/mol. The molecule has 28 heavy (non-hydrogen) atoms. The molecular weight excluding hydrogens is 549 g/mol. The summed E-state index contributed by atoms with van der Waals surface area (Å²) in [6.07, 6.45) is 1.54. The number of aliphatic hydroxyl groups is 2. The third kappa shape index (κ3) is 5.66. The number of fused-ring (bicyclic) bond motifs is 2. The van der Waals surface area contributed by atoms with E-state index in [1.54, 1.807) is 25.6 Å². The van der Waals surface area contributed by atoms with Crippen molar-refractivity contribution in [2.45, 2.75) is 42.3 Å². The number of hydrogen-bond donors (Lipinski definition) is 2. The molecule has 0 amide bonds. The zero-order valence-electron chi connectivity index (χ0n) is 15.7. The molecular formula is C22H23IrN2O2S-. The van der Waals surface area contributed by atoms with Crippen molar-refractivity contribution in [3.8, 4) is 0 Å². The van der Waals surface area contributed by atoms with Crippen LogP contribution >= 0.6 is 11.8 Å². The van der Waals surface area contributed by atoms with E-state index >= 15 is 0 Å². The van der Waals surface area contributed by atoms with Gasteiger partial charge in [-0.25, -0.2) is 4.98 Å². The Morgan fingerprint density at radius 2 is 1.64 bits per heavy atom. The van der Waals surface area contributed by atoms with Crippen molar-refractivity contribution in [1.29, 1.82) is 0 Å². The first-order valence-corrected chi connectivity index (χ1v) is 9.73. The van der Waals surface area contributed by atoms with Gasteiger partial charge >= 0.3 is 0 Å². The molecule has 0 fully saturated rings. The standard InChI is InChI=1S/C17H11N2S.C5H12O2.Ir/c1-3-9-15-13(7-1)19(17-11-5-6-12-18-17)14-8-2-4-10-16(14)20-15;1-4(6)3-5(2)7;/h1-7,9-12H;4-7H,3H2,1-2H3;/q-1;;. The topological polar surface area (TPSA) is 56.6 Å². The Labute approximate surface area is 184 Å². The summed E-state index contributed by atoms with van der Waals surface area (Å²) in [5, 5.41) is 17.1. The van der Waals surface area contributed by atoms with Crippen LogP contribution in [0.1, 0.15) is 20.3 Å². The van der Waals surface area contributed by atoms with Crippen LogP contribution in [0.5, 0.6) is 0 Å². The van der Waals surface area contributed by atoms with Crippen LogP contribution in [0, 0.1) is 6.07 Å². The zero-order chi connectivity index (χ0) is 19.2. The van der Waals surface area contributed by atoms with Crippen LogP contribution in [0.3, 0.4) is 0 Å². The van der Waals surface area contributed by atoms with Crippen LogP contribution in [0.15, 0.2) is 76.7 Å². The number of para-hydroxylation sites is 2.